The standard InChI is InChI=1S/C29H31ClN4O/c1-18-15-19(2)26(20(3)25(18)16-34-14-4-5-24(34)17-35)29-32-27(21-6-8-23(30)9-7-21)28(33-29)22-10-12-31-13-11-22/h6-13,15,24,35H,4-5,14,16-17H2,1-3H3,(H,32,33)/t24-/m0/s1. The Morgan fingerprint density at radius 3 is 2.49 bits per heavy atom. The summed E-state index contributed by atoms with van der Waals surface area (Å²) in [6, 6.07) is 14.3. The highest BCUT2D eigenvalue weighted by Gasteiger charge is 2.26. The van der Waals surface area contributed by atoms with Crippen LogP contribution in [0.5, 0.6) is 0 Å². The number of likely N-dealkylation sites (tertiary alicyclic amines) is 1. The summed E-state index contributed by atoms with van der Waals surface area (Å²) in [6.45, 7) is 8.63. The number of imidazole rings is 1. The lowest BCUT2D eigenvalue weighted by atomic mass is 9.92. The first-order valence-corrected chi connectivity index (χ1v) is 12.6. The number of halogens is 1. The number of pyridine rings is 1. The van der Waals surface area contributed by atoms with Gasteiger partial charge in [-0.15, -0.1) is 0 Å². The highest BCUT2D eigenvalue weighted by Crippen LogP contribution is 2.37. The first kappa shape index (κ1) is 23.7. The van der Waals surface area contributed by atoms with Crippen LogP contribution in [0.1, 0.15) is 35.1 Å². The Morgan fingerprint density at radius 2 is 1.77 bits per heavy atom. The summed E-state index contributed by atoms with van der Waals surface area (Å²) >= 11 is 6.17. The van der Waals surface area contributed by atoms with Gasteiger partial charge in [-0.2, -0.15) is 0 Å². The molecule has 0 spiro atoms. The van der Waals surface area contributed by atoms with Crippen LogP contribution in [0.25, 0.3) is 33.9 Å². The highest BCUT2D eigenvalue weighted by molar-refractivity contribution is 6.30. The molecule has 2 N–H and O–H groups in total. The van der Waals surface area contributed by atoms with Crippen LogP contribution < -0.4 is 0 Å². The monoisotopic (exact) mass is 486 g/mol. The number of nitrogens with one attached hydrogen (secondary N) is 1. The molecule has 5 nitrogen and oxygen atoms in total. The van der Waals surface area contributed by atoms with E-state index in [4.69, 9.17) is 16.6 Å². The number of hydrogen-bond donors (Lipinski definition) is 2. The van der Waals surface area contributed by atoms with Gasteiger partial charge < -0.3 is 10.1 Å². The quantitative estimate of drug-likeness (QED) is 0.333. The van der Waals surface area contributed by atoms with Crippen molar-refractivity contribution in [2.45, 2.75) is 46.2 Å². The minimum Gasteiger partial charge on any atom is -0.395 e. The zero-order chi connectivity index (χ0) is 24.5. The van der Waals surface area contributed by atoms with Crippen molar-refractivity contribution in [3.8, 4) is 33.9 Å². The molecule has 5 rings (SSSR count). The molecular weight excluding hydrogens is 456 g/mol. The van der Waals surface area contributed by atoms with E-state index in [1.165, 1.54) is 22.3 Å². The average Bonchev–Trinajstić information content (AvgIpc) is 3.50. The predicted octanol–water partition coefficient (Wildman–Crippen LogP) is 6.34. The molecule has 0 saturated carbocycles. The molecule has 0 amide bonds. The third-order valence-corrected chi connectivity index (χ3v) is 7.48. The first-order valence-electron chi connectivity index (χ1n) is 12.2. The van der Waals surface area contributed by atoms with Gasteiger partial charge in [0.1, 0.15) is 5.82 Å². The maximum atomic E-state index is 9.83. The van der Waals surface area contributed by atoms with E-state index in [9.17, 15) is 5.11 Å². The number of aromatic nitrogens is 3. The lowest BCUT2D eigenvalue weighted by Crippen LogP contribution is -2.32. The molecule has 4 aromatic rings. The van der Waals surface area contributed by atoms with E-state index in [0.717, 1.165) is 59.8 Å². The van der Waals surface area contributed by atoms with Crippen LogP contribution in [0.2, 0.25) is 5.02 Å². The number of aromatic amines is 1. The van der Waals surface area contributed by atoms with Gasteiger partial charge in [0.15, 0.2) is 0 Å². The van der Waals surface area contributed by atoms with E-state index >= 15 is 0 Å². The summed E-state index contributed by atoms with van der Waals surface area (Å²) < 4.78 is 0. The van der Waals surface area contributed by atoms with Crippen LogP contribution in [0, 0.1) is 20.8 Å². The lowest BCUT2D eigenvalue weighted by Gasteiger charge is -2.26. The molecule has 0 aliphatic carbocycles. The third-order valence-electron chi connectivity index (χ3n) is 7.23. The number of aryl methyl sites for hydroxylation is 2. The zero-order valence-electron chi connectivity index (χ0n) is 20.5. The van der Waals surface area contributed by atoms with E-state index < -0.39 is 0 Å². The van der Waals surface area contributed by atoms with E-state index in [1.807, 2.05) is 36.4 Å². The summed E-state index contributed by atoms with van der Waals surface area (Å²) in [6.07, 6.45) is 5.80. The number of aliphatic hydroxyl groups excluding tert-OH is 1. The summed E-state index contributed by atoms with van der Waals surface area (Å²) in [5.41, 5.74) is 10.1. The summed E-state index contributed by atoms with van der Waals surface area (Å²) in [5, 5.41) is 10.5. The molecule has 2 aromatic carbocycles. The summed E-state index contributed by atoms with van der Waals surface area (Å²) in [5.74, 6) is 0.859. The molecule has 35 heavy (non-hydrogen) atoms. The smallest absolute Gasteiger partial charge is 0.139 e. The fourth-order valence-electron chi connectivity index (χ4n) is 5.38. The molecule has 6 heteroatoms. The van der Waals surface area contributed by atoms with Gasteiger partial charge in [0, 0.05) is 46.7 Å². The number of aliphatic hydroxyl groups is 1. The van der Waals surface area contributed by atoms with Crippen molar-refractivity contribution in [3.05, 3.63) is 82.1 Å². The second-order valence-corrected chi connectivity index (χ2v) is 9.93. The predicted molar refractivity (Wildman–Crippen MR) is 142 cm³/mol. The summed E-state index contributed by atoms with van der Waals surface area (Å²) in [7, 11) is 0. The Labute approximate surface area is 211 Å². The van der Waals surface area contributed by atoms with Crippen molar-refractivity contribution in [2.75, 3.05) is 13.2 Å². The maximum absolute atomic E-state index is 9.83. The highest BCUT2D eigenvalue weighted by atomic mass is 35.5. The van der Waals surface area contributed by atoms with Crippen molar-refractivity contribution in [1.82, 2.24) is 19.9 Å². The van der Waals surface area contributed by atoms with Gasteiger partial charge in [0.2, 0.25) is 0 Å². The van der Waals surface area contributed by atoms with Gasteiger partial charge in [0.25, 0.3) is 0 Å². The Balaban J connectivity index is 1.63. The van der Waals surface area contributed by atoms with Crippen LogP contribution >= 0.6 is 11.6 Å². The van der Waals surface area contributed by atoms with Crippen LogP contribution in [0.3, 0.4) is 0 Å². The number of rotatable bonds is 6. The molecule has 2 aromatic heterocycles. The molecule has 1 aliphatic heterocycles. The van der Waals surface area contributed by atoms with Crippen LogP contribution in [-0.4, -0.2) is 44.2 Å². The average molecular weight is 487 g/mol. The van der Waals surface area contributed by atoms with Crippen molar-refractivity contribution in [2.24, 2.45) is 0 Å². The number of nitrogens with zero attached hydrogens (tertiary/aromatic N) is 3. The topological polar surface area (TPSA) is 65.0 Å². The van der Waals surface area contributed by atoms with Crippen molar-refractivity contribution in [3.63, 3.8) is 0 Å². The van der Waals surface area contributed by atoms with Gasteiger partial charge in [-0.05, 0) is 86.7 Å². The Hall–Kier alpha value is -2.99. The molecule has 1 aliphatic rings. The molecule has 1 fully saturated rings. The fourth-order valence-corrected chi connectivity index (χ4v) is 5.51. The zero-order valence-corrected chi connectivity index (χ0v) is 21.2. The Morgan fingerprint density at radius 1 is 1.03 bits per heavy atom. The number of benzene rings is 2. The second kappa shape index (κ2) is 9.94. The van der Waals surface area contributed by atoms with Crippen molar-refractivity contribution >= 4 is 11.6 Å². The second-order valence-electron chi connectivity index (χ2n) is 9.49. The maximum Gasteiger partial charge on any atom is 0.139 e. The van der Waals surface area contributed by atoms with Gasteiger partial charge >= 0.3 is 0 Å². The summed E-state index contributed by atoms with van der Waals surface area (Å²) in [4.78, 5) is 15.4. The van der Waals surface area contributed by atoms with E-state index in [2.05, 4.69) is 41.7 Å². The number of hydrogen-bond acceptors (Lipinski definition) is 4. The molecule has 1 atom stereocenters. The lowest BCUT2D eigenvalue weighted by molar-refractivity contribution is 0.153. The molecule has 3 heterocycles. The Kier molecular flexibility index (Phi) is 6.74. The number of H-pyrrole nitrogens is 1. The first-order chi connectivity index (χ1) is 17.0. The normalized spacial score (nSPS) is 16.2. The van der Waals surface area contributed by atoms with Crippen LogP contribution in [0.4, 0.5) is 0 Å². The van der Waals surface area contributed by atoms with E-state index in [-0.39, 0.29) is 12.6 Å². The third kappa shape index (κ3) is 4.64. The van der Waals surface area contributed by atoms with Crippen LogP contribution in [-0.2, 0) is 6.54 Å². The van der Waals surface area contributed by atoms with Gasteiger partial charge in [-0.25, -0.2) is 4.98 Å². The molecule has 0 unspecified atom stereocenters. The largest absolute Gasteiger partial charge is 0.395 e. The minimum absolute atomic E-state index is 0.217. The minimum atomic E-state index is 0.217. The molecule has 0 bridgehead atoms. The molecule has 1 saturated heterocycles. The molecule has 180 valence electrons. The van der Waals surface area contributed by atoms with Gasteiger partial charge in [-0.3, -0.25) is 9.88 Å². The Bertz CT molecular complexity index is 1330. The van der Waals surface area contributed by atoms with E-state index in [1.54, 1.807) is 12.4 Å². The van der Waals surface area contributed by atoms with Crippen molar-refractivity contribution in [1.29, 1.82) is 0 Å². The van der Waals surface area contributed by atoms with Crippen LogP contribution in [0.15, 0.2) is 54.9 Å². The molecular formula is C29H31ClN4O. The SMILES string of the molecule is Cc1cc(C)c(-c2nc(-c3ccc(Cl)cc3)c(-c3ccncc3)[nH]2)c(C)c1CN1CCC[C@H]1CO. The molecule has 0 radical (unpaired) electrons. The fraction of sp³-hybridized carbons (Fsp3) is 0.310. The van der Waals surface area contributed by atoms with E-state index in [0.29, 0.717) is 5.02 Å². The van der Waals surface area contributed by atoms with Gasteiger partial charge in [-0.1, -0.05) is 29.8 Å². The van der Waals surface area contributed by atoms with Crippen molar-refractivity contribution < 1.29 is 5.11 Å². The van der Waals surface area contributed by atoms with Gasteiger partial charge in [0.05, 0.1) is 18.0 Å².